The smallest absolute Gasteiger partial charge is 0.245 e. The van der Waals surface area contributed by atoms with E-state index in [-0.39, 0.29) is 5.75 Å². The second-order valence-corrected chi connectivity index (χ2v) is 4.18. The lowest BCUT2D eigenvalue weighted by atomic mass is 11.0. The van der Waals surface area contributed by atoms with Crippen molar-refractivity contribution < 1.29 is 17.4 Å². The molecule has 0 amide bonds. The molecule has 0 N–H and O–H groups in total. The Morgan fingerprint density at radius 2 is 2.09 bits per heavy atom. The molecule has 11 heavy (non-hydrogen) atoms. The van der Waals surface area contributed by atoms with Crippen LogP contribution in [0.15, 0.2) is 16.3 Å². The Morgan fingerprint density at radius 1 is 1.64 bits per heavy atom. The predicted octanol–water partition coefficient (Wildman–Crippen LogP) is 2.14. The van der Waals surface area contributed by atoms with Crippen LogP contribution in [0, 0.1) is 0 Å². The Hall–Kier alpha value is -0.520. The standard InChI is InChI=1S/C5H8F3NOS/c1-3-11(10,4-2)9-5(6,7)8/h3H,1,4H2,2H3. The molecule has 6 heteroatoms. The van der Waals surface area contributed by atoms with Crippen molar-refractivity contribution in [1.29, 1.82) is 0 Å². The molecule has 0 fully saturated rings. The molecule has 1 atom stereocenters. The molecule has 0 aliphatic rings. The Balaban J connectivity index is 4.93. The lowest BCUT2D eigenvalue weighted by Gasteiger charge is -2.02. The molecule has 0 rings (SSSR count). The Labute approximate surface area is 63.3 Å². The maximum Gasteiger partial charge on any atom is 0.511 e. The number of nitrogens with zero attached hydrogens (tertiary/aromatic N) is 1. The molecule has 0 saturated heterocycles. The average Bonchev–Trinajstić information content (AvgIpc) is 1.84. The van der Waals surface area contributed by atoms with E-state index in [4.69, 9.17) is 0 Å². The molecule has 0 bridgehead atoms. The van der Waals surface area contributed by atoms with Crippen LogP contribution in [-0.4, -0.2) is 16.3 Å². The molecule has 0 aliphatic heterocycles. The third-order valence-electron chi connectivity index (χ3n) is 0.932. The summed E-state index contributed by atoms with van der Waals surface area (Å²) >= 11 is 0. The number of rotatable bonds is 2. The molecular formula is C5H8F3NOS. The summed E-state index contributed by atoms with van der Waals surface area (Å²) < 4.78 is 47.7. The van der Waals surface area contributed by atoms with E-state index in [1.165, 1.54) is 6.92 Å². The maximum atomic E-state index is 11.5. The fraction of sp³-hybridized carbons (Fsp3) is 0.600. The first-order valence-corrected chi connectivity index (χ1v) is 4.53. The quantitative estimate of drug-likeness (QED) is 0.609. The van der Waals surface area contributed by atoms with Crippen LogP contribution in [0.5, 0.6) is 0 Å². The van der Waals surface area contributed by atoms with Crippen molar-refractivity contribution in [3.05, 3.63) is 12.0 Å². The normalized spacial score (nSPS) is 17.1. The van der Waals surface area contributed by atoms with Gasteiger partial charge in [-0.25, -0.2) is 4.21 Å². The van der Waals surface area contributed by atoms with Gasteiger partial charge in [0.2, 0.25) is 0 Å². The molecule has 1 unspecified atom stereocenters. The summed E-state index contributed by atoms with van der Waals surface area (Å²) in [6, 6.07) is 0. The van der Waals surface area contributed by atoms with Gasteiger partial charge >= 0.3 is 6.30 Å². The third kappa shape index (κ3) is 4.02. The number of alkyl halides is 3. The van der Waals surface area contributed by atoms with E-state index < -0.39 is 16.0 Å². The lowest BCUT2D eigenvalue weighted by Crippen LogP contribution is -2.09. The van der Waals surface area contributed by atoms with E-state index in [0.717, 1.165) is 5.41 Å². The number of hydrogen-bond donors (Lipinski definition) is 0. The largest absolute Gasteiger partial charge is 0.511 e. The SMILES string of the molecule is C=CS(=O)(CC)=NC(F)(F)F. The highest BCUT2D eigenvalue weighted by atomic mass is 32.2. The predicted molar refractivity (Wildman–Crippen MR) is 37.4 cm³/mol. The first-order chi connectivity index (χ1) is 4.83. The number of hydrogen-bond acceptors (Lipinski definition) is 2. The highest BCUT2D eigenvalue weighted by Crippen LogP contribution is 2.19. The fourth-order valence-electron chi connectivity index (χ4n) is 0.395. The van der Waals surface area contributed by atoms with Crippen LogP contribution in [0.25, 0.3) is 0 Å². The van der Waals surface area contributed by atoms with Crippen molar-refractivity contribution in [3.8, 4) is 0 Å². The minimum atomic E-state index is -4.73. The van der Waals surface area contributed by atoms with Crippen molar-refractivity contribution in [2.45, 2.75) is 13.2 Å². The van der Waals surface area contributed by atoms with E-state index in [1.807, 2.05) is 0 Å². The second kappa shape index (κ2) is 3.25. The molecule has 0 aromatic heterocycles. The minimum Gasteiger partial charge on any atom is -0.245 e. The molecule has 0 spiro atoms. The summed E-state index contributed by atoms with van der Waals surface area (Å²) in [7, 11) is -3.26. The van der Waals surface area contributed by atoms with Crippen LogP contribution in [0.4, 0.5) is 13.2 Å². The summed E-state index contributed by atoms with van der Waals surface area (Å²) in [5.41, 5.74) is 0. The molecule has 66 valence electrons. The highest BCUT2D eigenvalue weighted by Gasteiger charge is 2.28. The monoisotopic (exact) mass is 187 g/mol. The summed E-state index contributed by atoms with van der Waals surface area (Å²) in [4.78, 5) is 0. The van der Waals surface area contributed by atoms with E-state index in [2.05, 4.69) is 10.9 Å². The topological polar surface area (TPSA) is 29.4 Å². The zero-order chi connectivity index (χ0) is 9.12. The maximum absolute atomic E-state index is 11.5. The van der Waals surface area contributed by atoms with Gasteiger partial charge in [-0.3, -0.25) is 0 Å². The van der Waals surface area contributed by atoms with Crippen LogP contribution in [-0.2, 0) is 9.73 Å². The van der Waals surface area contributed by atoms with Gasteiger partial charge in [-0.05, 0) is 0 Å². The van der Waals surface area contributed by atoms with Gasteiger partial charge in [-0.15, -0.1) is 17.5 Å². The van der Waals surface area contributed by atoms with Crippen LogP contribution in [0.2, 0.25) is 0 Å². The molecule has 0 heterocycles. The van der Waals surface area contributed by atoms with Gasteiger partial charge in [0.15, 0.2) is 0 Å². The molecule has 0 radical (unpaired) electrons. The van der Waals surface area contributed by atoms with Crippen LogP contribution in [0.1, 0.15) is 6.92 Å². The average molecular weight is 187 g/mol. The number of halogens is 3. The van der Waals surface area contributed by atoms with Crippen molar-refractivity contribution >= 4 is 9.73 Å². The van der Waals surface area contributed by atoms with Crippen molar-refractivity contribution in [3.63, 3.8) is 0 Å². The van der Waals surface area contributed by atoms with Gasteiger partial charge in [-0.1, -0.05) is 13.5 Å². The van der Waals surface area contributed by atoms with Gasteiger partial charge in [-0.2, -0.15) is 0 Å². The third-order valence-corrected chi connectivity index (χ3v) is 2.80. The summed E-state index contributed by atoms with van der Waals surface area (Å²) in [5.74, 6) is -0.171. The van der Waals surface area contributed by atoms with Gasteiger partial charge in [0, 0.05) is 11.2 Å². The fourth-order valence-corrected chi connectivity index (χ4v) is 1.18. The van der Waals surface area contributed by atoms with Gasteiger partial charge in [0.1, 0.15) is 0 Å². The van der Waals surface area contributed by atoms with Gasteiger partial charge < -0.3 is 0 Å². The molecule has 0 aromatic rings. The van der Waals surface area contributed by atoms with Crippen LogP contribution < -0.4 is 0 Å². The Kier molecular flexibility index (Phi) is 3.10. The van der Waals surface area contributed by atoms with Gasteiger partial charge in [0.05, 0.1) is 9.73 Å². The molecule has 0 aromatic carbocycles. The summed E-state index contributed by atoms with van der Waals surface area (Å²) in [6.07, 6.45) is -4.73. The van der Waals surface area contributed by atoms with E-state index in [9.17, 15) is 17.4 Å². The van der Waals surface area contributed by atoms with E-state index >= 15 is 0 Å². The molecule has 0 aliphatic carbocycles. The molecular weight excluding hydrogens is 179 g/mol. The minimum absolute atomic E-state index is 0.171. The molecule has 0 saturated carbocycles. The van der Waals surface area contributed by atoms with E-state index in [1.54, 1.807) is 0 Å². The lowest BCUT2D eigenvalue weighted by molar-refractivity contribution is -0.117. The second-order valence-electron chi connectivity index (χ2n) is 1.70. The zero-order valence-corrected chi connectivity index (χ0v) is 6.71. The van der Waals surface area contributed by atoms with Crippen molar-refractivity contribution in [2.75, 3.05) is 5.75 Å². The Morgan fingerprint density at radius 3 is 2.18 bits per heavy atom. The van der Waals surface area contributed by atoms with Crippen LogP contribution >= 0.6 is 0 Å². The highest BCUT2D eigenvalue weighted by molar-refractivity contribution is 7.96. The van der Waals surface area contributed by atoms with Crippen LogP contribution in [0.3, 0.4) is 0 Å². The van der Waals surface area contributed by atoms with Crippen molar-refractivity contribution in [1.82, 2.24) is 0 Å². The first-order valence-electron chi connectivity index (χ1n) is 2.78. The first kappa shape index (κ1) is 10.5. The zero-order valence-electron chi connectivity index (χ0n) is 5.89. The summed E-state index contributed by atoms with van der Waals surface area (Å²) in [6.45, 7) is 4.38. The summed E-state index contributed by atoms with van der Waals surface area (Å²) in [5, 5.41) is 0.737. The molecule has 2 nitrogen and oxygen atoms in total. The van der Waals surface area contributed by atoms with Crippen molar-refractivity contribution in [2.24, 2.45) is 4.36 Å². The van der Waals surface area contributed by atoms with E-state index in [0.29, 0.717) is 0 Å². The Bertz CT molecular complexity index is 249. The van der Waals surface area contributed by atoms with Gasteiger partial charge in [0.25, 0.3) is 0 Å².